The molecule has 1 aromatic heterocycles. The van der Waals surface area contributed by atoms with Gasteiger partial charge in [-0.05, 0) is 11.6 Å². The van der Waals surface area contributed by atoms with Crippen molar-refractivity contribution in [1.82, 2.24) is 15.0 Å². The van der Waals surface area contributed by atoms with Crippen LogP contribution in [0.5, 0.6) is 0 Å². The summed E-state index contributed by atoms with van der Waals surface area (Å²) >= 11 is 11.6. The predicted molar refractivity (Wildman–Crippen MR) is 71.7 cm³/mol. The van der Waals surface area contributed by atoms with Crippen LogP contribution in [-0.4, -0.2) is 25.8 Å². The summed E-state index contributed by atoms with van der Waals surface area (Å²) in [6, 6.07) is 4.36. The van der Waals surface area contributed by atoms with Gasteiger partial charge in [-0.15, -0.1) is 16.7 Å². The maximum Gasteiger partial charge on any atom is 0.270 e. The van der Waals surface area contributed by atoms with E-state index in [0.717, 1.165) is 11.3 Å². The highest BCUT2D eigenvalue weighted by molar-refractivity contribution is 6.31. The number of alkyl halides is 1. The highest BCUT2D eigenvalue weighted by atomic mass is 35.5. The molecule has 100 valence electrons. The zero-order chi connectivity index (χ0) is 13.8. The molecule has 0 saturated heterocycles. The van der Waals surface area contributed by atoms with Crippen LogP contribution < -0.4 is 0 Å². The number of non-ortho nitro benzene ring substituents is 1. The molecule has 0 amide bonds. The fourth-order valence-electron chi connectivity index (χ4n) is 1.58. The summed E-state index contributed by atoms with van der Waals surface area (Å²) in [6.45, 7) is 0.409. The highest BCUT2D eigenvalue weighted by Gasteiger charge is 2.10. The fraction of sp³-hybridized carbons (Fsp3) is 0.273. The average molecular weight is 301 g/mol. The second-order valence-corrected chi connectivity index (χ2v) is 4.66. The van der Waals surface area contributed by atoms with E-state index in [9.17, 15) is 10.1 Å². The average Bonchev–Trinajstić information content (AvgIpc) is 2.79. The molecule has 2 rings (SSSR count). The molecule has 19 heavy (non-hydrogen) atoms. The molecule has 6 nitrogen and oxygen atoms in total. The summed E-state index contributed by atoms with van der Waals surface area (Å²) in [5.41, 5.74) is 1.51. The van der Waals surface area contributed by atoms with Crippen molar-refractivity contribution in [1.29, 1.82) is 0 Å². The summed E-state index contributed by atoms with van der Waals surface area (Å²) in [4.78, 5) is 10.1. The van der Waals surface area contributed by atoms with E-state index >= 15 is 0 Å². The van der Waals surface area contributed by atoms with Crippen LogP contribution in [0.4, 0.5) is 5.69 Å². The molecule has 0 radical (unpaired) electrons. The van der Waals surface area contributed by atoms with Crippen molar-refractivity contribution in [2.24, 2.45) is 0 Å². The molecule has 0 spiro atoms. The van der Waals surface area contributed by atoms with Gasteiger partial charge in [0.2, 0.25) is 0 Å². The van der Waals surface area contributed by atoms with Crippen LogP contribution in [0, 0.1) is 10.1 Å². The number of benzene rings is 1. The molecule has 0 aliphatic carbocycles. The molecule has 0 N–H and O–H groups in total. The van der Waals surface area contributed by atoms with E-state index < -0.39 is 4.92 Å². The van der Waals surface area contributed by atoms with Crippen molar-refractivity contribution in [2.75, 3.05) is 5.88 Å². The Balaban J connectivity index is 2.16. The number of nitro groups is 1. The zero-order valence-electron chi connectivity index (χ0n) is 9.79. The van der Waals surface area contributed by atoms with E-state index in [-0.39, 0.29) is 5.69 Å². The minimum Gasteiger partial charge on any atom is -0.258 e. The Morgan fingerprint density at radius 1 is 1.42 bits per heavy atom. The SMILES string of the molecule is O=[N+]([O-])c1ccc(Cn2cc(CCCl)nn2)c(Cl)c1. The highest BCUT2D eigenvalue weighted by Crippen LogP contribution is 2.23. The Morgan fingerprint density at radius 3 is 2.84 bits per heavy atom. The molecule has 1 aromatic carbocycles. The minimum absolute atomic E-state index is 0.0323. The molecule has 0 aliphatic rings. The number of nitrogens with zero attached hydrogens (tertiary/aromatic N) is 4. The first-order chi connectivity index (χ1) is 9.10. The van der Waals surface area contributed by atoms with Crippen LogP contribution in [0.1, 0.15) is 11.3 Å². The van der Waals surface area contributed by atoms with Gasteiger partial charge in [0.05, 0.1) is 22.2 Å². The summed E-state index contributed by atoms with van der Waals surface area (Å²) in [7, 11) is 0. The van der Waals surface area contributed by atoms with Gasteiger partial charge in [-0.3, -0.25) is 10.1 Å². The second kappa shape index (κ2) is 5.99. The minimum atomic E-state index is -0.482. The van der Waals surface area contributed by atoms with Crippen LogP contribution in [0.25, 0.3) is 0 Å². The summed E-state index contributed by atoms with van der Waals surface area (Å²) in [5.74, 6) is 0.483. The van der Waals surface area contributed by atoms with E-state index in [4.69, 9.17) is 23.2 Å². The molecule has 0 aliphatic heterocycles. The van der Waals surface area contributed by atoms with Gasteiger partial charge < -0.3 is 0 Å². The Hall–Kier alpha value is -1.66. The lowest BCUT2D eigenvalue weighted by molar-refractivity contribution is -0.384. The topological polar surface area (TPSA) is 73.8 Å². The van der Waals surface area contributed by atoms with E-state index in [2.05, 4.69) is 10.3 Å². The molecule has 0 bridgehead atoms. The molecule has 1 heterocycles. The van der Waals surface area contributed by atoms with E-state index in [1.54, 1.807) is 16.9 Å². The summed E-state index contributed by atoms with van der Waals surface area (Å²) in [6.07, 6.45) is 2.43. The van der Waals surface area contributed by atoms with Gasteiger partial charge in [0, 0.05) is 30.6 Å². The molecule has 2 aromatic rings. The first-order valence-electron chi connectivity index (χ1n) is 5.48. The number of rotatable bonds is 5. The second-order valence-electron chi connectivity index (χ2n) is 3.88. The quantitative estimate of drug-likeness (QED) is 0.483. The number of aromatic nitrogens is 3. The van der Waals surface area contributed by atoms with Crippen molar-refractivity contribution in [3.8, 4) is 0 Å². The van der Waals surface area contributed by atoms with Crippen molar-refractivity contribution < 1.29 is 4.92 Å². The zero-order valence-corrected chi connectivity index (χ0v) is 11.3. The number of hydrogen-bond acceptors (Lipinski definition) is 4. The van der Waals surface area contributed by atoms with Crippen molar-refractivity contribution in [3.05, 3.63) is 50.8 Å². The van der Waals surface area contributed by atoms with Crippen molar-refractivity contribution >= 4 is 28.9 Å². The molecule has 0 saturated carbocycles. The number of hydrogen-bond donors (Lipinski definition) is 0. The van der Waals surface area contributed by atoms with Crippen molar-refractivity contribution in [2.45, 2.75) is 13.0 Å². The molecular weight excluding hydrogens is 291 g/mol. The summed E-state index contributed by atoms with van der Waals surface area (Å²) in [5, 5.41) is 18.8. The first kappa shape index (κ1) is 13.8. The molecule has 0 atom stereocenters. The van der Waals surface area contributed by atoms with E-state index in [1.165, 1.54) is 12.1 Å². The van der Waals surface area contributed by atoms with Gasteiger partial charge in [-0.1, -0.05) is 16.8 Å². The van der Waals surface area contributed by atoms with Crippen LogP contribution >= 0.6 is 23.2 Å². The number of halogens is 2. The third-order valence-corrected chi connectivity index (χ3v) is 3.06. The number of aryl methyl sites for hydroxylation is 1. The van der Waals surface area contributed by atoms with Crippen LogP contribution in [0.15, 0.2) is 24.4 Å². The van der Waals surface area contributed by atoms with Gasteiger partial charge >= 0.3 is 0 Å². The van der Waals surface area contributed by atoms with Gasteiger partial charge in [-0.25, -0.2) is 4.68 Å². The third kappa shape index (κ3) is 3.42. The number of nitro benzene ring substituents is 1. The van der Waals surface area contributed by atoms with Crippen LogP contribution in [0.3, 0.4) is 0 Å². The van der Waals surface area contributed by atoms with E-state index in [1.807, 2.05) is 0 Å². The standard InChI is InChI=1S/C11H10Cl2N4O2/c12-4-3-9-7-16(15-14-9)6-8-1-2-10(17(18)19)5-11(8)13/h1-2,5,7H,3-4,6H2. The summed E-state index contributed by atoms with van der Waals surface area (Å²) < 4.78 is 1.62. The van der Waals surface area contributed by atoms with Crippen molar-refractivity contribution in [3.63, 3.8) is 0 Å². The van der Waals surface area contributed by atoms with Crippen LogP contribution in [0.2, 0.25) is 5.02 Å². The lowest BCUT2D eigenvalue weighted by atomic mass is 10.2. The van der Waals surface area contributed by atoms with Gasteiger partial charge in [0.15, 0.2) is 0 Å². The molecule has 0 fully saturated rings. The maximum atomic E-state index is 10.6. The smallest absolute Gasteiger partial charge is 0.258 e. The fourth-order valence-corrected chi connectivity index (χ4v) is 2.01. The Bertz CT molecular complexity index is 600. The monoisotopic (exact) mass is 300 g/mol. The molecular formula is C11H10Cl2N4O2. The van der Waals surface area contributed by atoms with E-state index in [0.29, 0.717) is 23.9 Å². The van der Waals surface area contributed by atoms with Gasteiger partial charge in [0.25, 0.3) is 5.69 Å². The van der Waals surface area contributed by atoms with Gasteiger partial charge in [0.1, 0.15) is 0 Å². The lowest BCUT2D eigenvalue weighted by Crippen LogP contribution is -2.01. The third-order valence-electron chi connectivity index (χ3n) is 2.52. The Morgan fingerprint density at radius 2 is 2.21 bits per heavy atom. The largest absolute Gasteiger partial charge is 0.270 e. The molecule has 8 heteroatoms. The Labute approximate surface area is 119 Å². The Kier molecular flexibility index (Phi) is 4.34. The van der Waals surface area contributed by atoms with Crippen LogP contribution in [-0.2, 0) is 13.0 Å². The maximum absolute atomic E-state index is 10.6. The normalized spacial score (nSPS) is 10.6. The molecule has 0 unspecified atom stereocenters. The lowest BCUT2D eigenvalue weighted by Gasteiger charge is -2.03. The van der Waals surface area contributed by atoms with Gasteiger partial charge in [-0.2, -0.15) is 0 Å². The first-order valence-corrected chi connectivity index (χ1v) is 6.39. The predicted octanol–water partition coefficient (Wildman–Crippen LogP) is 2.67.